The number of likely N-dealkylation sites (N-methyl/N-ethyl adjacent to an activating group) is 1. The van der Waals surface area contributed by atoms with Gasteiger partial charge in [-0.05, 0) is 49.2 Å². The molecule has 0 spiro atoms. The lowest BCUT2D eigenvalue weighted by molar-refractivity contribution is -0.125. The van der Waals surface area contributed by atoms with E-state index in [2.05, 4.69) is 15.5 Å². The first kappa shape index (κ1) is 17.2. The first-order chi connectivity index (χ1) is 12.2. The normalized spacial score (nSPS) is 17.2. The number of carbonyl (C=O) groups excluding carboxylic acids is 2. The molecule has 1 heterocycles. The molecule has 1 aliphatic heterocycles. The number of benzene rings is 2. The fourth-order valence-electron chi connectivity index (χ4n) is 3.20. The van der Waals surface area contributed by atoms with Gasteiger partial charge in [0.15, 0.2) is 0 Å². The third kappa shape index (κ3) is 4.25. The van der Waals surface area contributed by atoms with Gasteiger partial charge in [0.2, 0.25) is 5.91 Å². The lowest BCUT2D eigenvalue weighted by atomic mass is 10.1. The third-order valence-corrected chi connectivity index (χ3v) is 4.55. The Morgan fingerprint density at radius 2 is 1.80 bits per heavy atom. The molecule has 5 heteroatoms. The Labute approximate surface area is 148 Å². The topological polar surface area (TPSA) is 61.4 Å². The van der Waals surface area contributed by atoms with Crippen molar-refractivity contribution in [1.29, 1.82) is 0 Å². The molecule has 0 saturated carbocycles. The monoisotopic (exact) mass is 337 g/mol. The van der Waals surface area contributed by atoms with Crippen LogP contribution < -0.4 is 10.6 Å². The summed E-state index contributed by atoms with van der Waals surface area (Å²) in [7, 11) is 1.68. The maximum absolute atomic E-state index is 12.3. The summed E-state index contributed by atoms with van der Waals surface area (Å²) >= 11 is 0. The molecule has 5 nitrogen and oxygen atoms in total. The van der Waals surface area contributed by atoms with Gasteiger partial charge >= 0.3 is 0 Å². The van der Waals surface area contributed by atoms with Gasteiger partial charge in [0, 0.05) is 24.8 Å². The molecule has 1 atom stereocenters. The maximum Gasteiger partial charge on any atom is 0.255 e. The van der Waals surface area contributed by atoms with Crippen LogP contribution in [0.15, 0.2) is 54.6 Å². The second kappa shape index (κ2) is 7.94. The van der Waals surface area contributed by atoms with E-state index in [1.807, 2.05) is 54.6 Å². The number of para-hydroxylation sites is 1. The minimum atomic E-state index is -0.123. The molecule has 1 saturated heterocycles. The van der Waals surface area contributed by atoms with Gasteiger partial charge in [-0.25, -0.2) is 0 Å². The van der Waals surface area contributed by atoms with Crippen molar-refractivity contribution in [3.8, 4) is 0 Å². The fourth-order valence-corrected chi connectivity index (χ4v) is 3.20. The van der Waals surface area contributed by atoms with Gasteiger partial charge in [-0.2, -0.15) is 0 Å². The van der Waals surface area contributed by atoms with E-state index in [9.17, 15) is 9.59 Å². The zero-order chi connectivity index (χ0) is 17.6. The molecule has 25 heavy (non-hydrogen) atoms. The summed E-state index contributed by atoms with van der Waals surface area (Å²) in [6, 6.07) is 16.9. The van der Waals surface area contributed by atoms with E-state index in [0.29, 0.717) is 5.56 Å². The van der Waals surface area contributed by atoms with Crippen LogP contribution in [-0.2, 0) is 11.3 Å². The highest BCUT2D eigenvalue weighted by atomic mass is 16.2. The number of nitrogens with zero attached hydrogens (tertiary/aromatic N) is 1. The molecule has 1 aliphatic rings. The van der Waals surface area contributed by atoms with Crippen LogP contribution in [-0.4, -0.2) is 36.3 Å². The highest BCUT2D eigenvalue weighted by molar-refractivity contribution is 6.04. The number of amides is 2. The minimum Gasteiger partial charge on any atom is -0.358 e. The highest BCUT2D eigenvalue weighted by Gasteiger charge is 2.29. The van der Waals surface area contributed by atoms with Gasteiger partial charge in [0.25, 0.3) is 5.91 Å². The number of hydrogen-bond donors (Lipinski definition) is 2. The largest absolute Gasteiger partial charge is 0.358 e. The fraction of sp³-hybridized carbons (Fsp3) is 0.300. The molecule has 1 unspecified atom stereocenters. The molecule has 0 bridgehead atoms. The van der Waals surface area contributed by atoms with Crippen molar-refractivity contribution >= 4 is 17.5 Å². The molecule has 130 valence electrons. The van der Waals surface area contributed by atoms with Crippen LogP contribution in [0.4, 0.5) is 5.69 Å². The van der Waals surface area contributed by atoms with Gasteiger partial charge in [0.1, 0.15) is 0 Å². The van der Waals surface area contributed by atoms with Crippen LogP contribution in [0.2, 0.25) is 0 Å². The SMILES string of the molecule is CNC(=O)C1CCCN1Cc1ccc(C(=O)Nc2ccccc2)cc1. The van der Waals surface area contributed by atoms with Crippen molar-refractivity contribution in [3.63, 3.8) is 0 Å². The molecule has 2 aromatic carbocycles. The molecule has 2 N–H and O–H groups in total. The van der Waals surface area contributed by atoms with Gasteiger partial charge in [-0.3, -0.25) is 14.5 Å². The van der Waals surface area contributed by atoms with Gasteiger partial charge in [-0.1, -0.05) is 30.3 Å². The van der Waals surface area contributed by atoms with Crippen LogP contribution >= 0.6 is 0 Å². The number of anilines is 1. The number of likely N-dealkylation sites (tertiary alicyclic amines) is 1. The first-order valence-corrected chi connectivity index (χ1v) is 8.58. The standard InChI is InChI=1S/C20H23N3O2/c1-21-20(25)18-8-5-13-23(18)14-15-9-11-16(12-10-15)19(24)22-17-6-3-2-4-7-17/h2-4,6-7,9-12,18H,5,8,13-14H2,1H3,(H,21,25)(H,22,24). The number of carbonyl (C=O) groups is 2. The molecule has 2 amide bonds. The second-order valence-electron chi connectivity index (χ2n) is 6.26. The Balaban J connectivity index is 1.62. The Hall–Kier alpha value is -2.66. The molecular formula is C20H23N3O2. The third-order valence-electron chi connectivity index (χ3n) is 4.55. The van der Waals surface area contributed by atoms with Crippen LogP contribution in [0, 0.1) is 0 Å². The van der Waals surface area contributed by atoms with Crippen LogP contribution in [0.1, 0.15) is 28.8 Å². The molecule has 2 aromatic rings. The zero-order valence-electron chi connectivity index (χ0n) is 14.4. The first-order valence-electron chi connectivity index (χ1n) is 8.58. The van der Waals surface area contributed by atoms with Crippen molar-refractivity contribution in [1.82, 2.24) is 10.2 Å². The smallest absolute Gasteiger partial charge is 0.255 e. The summed E-state index contributed by atoms with van der Waals surface area (Å²) in [6.07, 6.45) is 1.94. The Kier molecular flexibility index (Phi) is 5.46. The summed E-state index contributed by atoms with van der Waals surface area (Å²) in [6.45, 7) is 1.65. The predicted octanol–water partition coefficient (Wildman–Crippen LogP) is 2.65. The van der Waals surface area contributed by atoms with E-state index in [-0.39, 0.29) is 17.9 Å². The van der Waals surface area contributed by atoms with Gasteiger partial charge < -0.3 is 10.6 Å². The number of rotatable bonds is 5. The minimum absolute atomic E-state index is 0.0499. The van der Waals surface area contributed by atoms with Crippen molar-refractivity contribution in [2.45, 2.75) is 25.4 Å². The summed E-state index contributed by atoms with van der Waals surface area (Å²) in [5.74, 6) is -0.0430. The molecular weight excluding hydrogens is 314 g/mol. The predicted molar refractivity (Wildman–Crippen MR) is 98.3 cm³/mol. The van der Waals surface area contributed by atoms with Crippen molar-refractivity contribution in [2.24, 2.45) is 0 Å². The van der Waals surface area contributed by atoms with Gasteiger partial charge in [-0.15, -0.1) is 0 Å². The quantitative estimate of drug-likeness (QED) is 0.882. The van der Waals surface area contributed by atoms with Crippen molar-refractivity contribution in [3.05, 3.63) is 65.7 Å². The second-order valence-corrected chi connectivity index (χ2v) is 6.26. The highest BCUT2D eigenvalue weighted by Crippen LogP contribution is 2.20. The molecule has 0 radical (unpaired) electrons. The maximum atomic E-state index is 12.3. The molecule has 1 fully saturated rings. The van der Waals surface area contributed by atoms with E-state index in [1.165, 1.54) is 0 Å². The average Bonchev–Trinajstić information content (AvgIpc) is 3.10. The number of nitrogens with one attached hydrogen (secondary N) is 2. The molecule has 0 aliphatic carbocycles. The van der Waals surface area contributed by atoms with Crippen LogP contribution in [0.25, 0.3) is 0 Å². The van der Waals surface area contributed by atoms with E-state index >= 15 is 0 Å². The average molecular weight is 337 g/mol. The van der Waals surface area contributed by atoms with E-state index in [4.69, 9.17) is 0 Å². The van der Waals surface area contributed by atoms with Crippen molar-refractivity contribution < 1.29 is 9.59 Å². The lowest BCUT2D eigenvalue weighted by Gasteiger charge is -2.23. The molecule has 0 aromatic heterocycles. The molecule has 3 rings (SSSR count). The summed E-state index contributed by atoms with van der Waals surface area (Å²) < 4.78 is 0. The summed E-state index contributed by atoms with van der Waals surface area (Å²) in [4.78, 5) is 26.4. The van der Waals surface area contributed by atoms with E-state index in [1.54, 1.807) is 7.05 Å². The Bertz CT molecular complexity index is 728. The Morgan fingerprint density at radius 3 is 2.48 bits per heavy atom. The van der Waals surface area contributed by atoms with Crippen LogP contribution in [0.3, 0.4) is 0 Å². The summed E-state index contributed by atoms with van der Waals surface area (Å²) in [5, 5.41) is 5.61. The van der Waals surface area contributed by atoms with E-state index in [0.717, 1.165) is 37.2 Å². The Morgan fingerprint density at radius 1 is 1.08 bits per heavy atom. The zero-order valence-corrected chi connectivity index (χ0v) is 14.4. The summed E-state index contributed by atoms with van der Waals surface area (Å²) in [5.41, 5.74) is 2.51. The van der Waals surface area contributed by atoms with Gasteiger partial charge in [0.05, 0.1) is 6.04 Å². The lowest BCUT2D eigenvalue weighted by Crippen LogP contribution is -2.41. The number of hydrogen-bond acceptors (Lipinski definition) is 3. The van der Waals surface area contributed by atoms with E-state index < -0.39 is 0 Å². The van der Waals surface area contributed by atoms with Crippen molar-refractivity contribution in [2.75, 3.05) is 18.9 Å². The van der Waals surface area contributed by atoms with Crippen LogP contribution in [0.5, 0.6) is 0 Å².